The van der Waals surface area contributed by atoms with E-state index in [2.05, 4.69) is 9.55 Å². The number of nitrogens with zero attached hydrogens (tertiary/aromatic N) is 3. The fourth-order valence-electron chi connectivity index (χ4n) is 3.68. The Balaban J connectivity index is 1.94. The molecule has 1 atom stereocenters. The molecular weight excluding hydrogens is 345 g/mol. The minimum absolute atomic E-state index is 0.0435. The second-order valence-electron chi connectivity index (χ2n) is 7.08. The van der Waals surface area contributed by atoms with Gasteiger partial charge in [-0.1, -0.05) is 0 Å². The van der Waals surface area contributed by atoms with E-state index in [1.54, 1.807) is 6.07 Å². The Bertz CT molecular complexity index is 993. The maximum absolute atomic E-state index is 13.5. The summed E-state index contributed by atoms with van der Waals surface area (Å²) in [5.41, 5.74) is 5.54. The molecule has 1 aliphatic rings. The highest BCUT2D eigenvalue weighted by atomic mass is 19.1. The lowest BCUT2D eigenvalue weighted by Gasteiger charge is -2.13. The molecule has 5 nitrogen and oxygen atoms in total. The SMILES string of the molecule is Cc1cc(-c2nc(-c3ccc(F)c(O)c3)n3c2CCOC(C)C3)cc(C)n1. The van der Waals surface area contributed by atoms with E-state index < -0.39 is 5.82 Å². The molecule has 0 fully saturated rings. The first-order valence-electron chi connectivity index (χ1n) is 9.08. The zero-order valence-corrected chi connectivity index (χ0v) is 15.7. The Morgan fingerprint density at radius 2 is 1.85 bits per heavy atom. The summed E-state index contributed by atoms with van der Waals surface area (Å²) >= 11 is 0. The molecule has 4 rings (SSSR count). The van der Waals surface area contributed by atoms with Crippen molar-refractivity contribution in [2.45, 2.75) is 39.8 Å². The molecule has 2 aromatic heterocycles. The second kappa shape index (κ2) is 6.78. The highest BCUT2D eigenvalue weighted by molar-refractivity contribution is 5.69. The molecule has 140 valence electrons. The number of aryl methyl sites for hydroxylation is 2. The molecule has 6 heteroatoms. The van der Waals surface area contributed by atoms with Crippen molar-refractivity contribution in [2.75, 3.05) is 6.61 Å². The van der Waals surface area contributed by atoms with Crippen LogP contribution in [0.15, 0.2) is 30.3 Å². The van der Waals surface area contributed by atoms with E-state index >= 15 is 0 Å². The van der Waals surface area contributed by atoms with Crippen LogP contribution < -0.4 is 0 Å². The summed E-state index contributed by atoms with van der Waals surface area (Å²) in [5, 5.41) is 9.82. The number of rotatable bonds is 2. The van der Waals surface area contributed by atoms with Crippen molar-refractivity contribution in [1.29, 1.82) is 0 Å². The first-order valence-corrected chi connectivity index (χ1v) is 9.08. The lowest BCUT2D eigenvalue weighted by atomic mass is 10.1. The number of aromatic hydroxyl groups is 1. The summed E-state index contributed by atoms with van der Waals surface area (Å²) in [6.45, 7) is 7.24. The van der Waals surface area contributed by atoms with Crippen LogP contribution in [0.4, 0.5) is 4.39 Å². The Kier molecular flexibility index (Phi) is 4.44. The molecule has 1 aliphatic heterocycles. The zero-order chi connectivity index (χ0) is 19.1. The third-order valence-corrected chi connectivity index (χ3v) is 4.81. The van der Waals surface area contributed by atoms with Crippen LogP contribution in [0, 0.1) is 19.7 Å². The van der Waals surface area contributed by atoms with Crippen molar-refractivity contribution in [3.8, 4) is 28.4 Å². The largest absolute Gasteiger partial charge is 0.505 e. The van der Waals surface area contributed by atoms with Crippen LogP contribution in [0.5, 0.6) is 5.75 Å². The lowest BCUT2D eigenvalue weighted by molar-refractivity contribution is 0.0666. The molecule has 1 unspecified atom stereocenters. The van der Waals surface area contributed by atoms with Gasteiger partial charge in [0.05, 0.1) is 24.9 Å². The normalized spacial score (nSPS) is 16.8. The number of pyridine rings is 1. The van der Waals surface area contributed by atoms with Crippen LogP contribution >= 0.6 is 0 Å². The summed E-state index contributed by atoms with van der Waals surface area (Å²) in [7, 11) is 0. The number of hydrogen-bond acceptors (Lipinski definition) is 4. The van der Waals surface area contributed by atoms with Gasteiger partial charge in [-0.25, -0.2) is 9.37 Å². The van der Waals surface area contributed by atoms with Crippen molar-refractivity contribution < 1.29 is 14.2 Å². The standard InChI is InChI=1S/C21H22FN3O2/c1-12-8-16(9-13(2)23-12)20-18-6-7-27-14(3)11-25(18)21(24-20)15-4-5-17(22)19(26)10-15/h4-5,8-10,14,26H,6-7,11H2,1-3H3. The van der Waals surface area contributed by atoms with E-state index in [-0.39, 0.29) is 11.9 Å². The Hall–Kier alpha value is -2.73. The number of halogens is 1. The number of phenolic OH excluding ortho intramolecular Hbond substituents is 1. The van der Waals surface area contributed by atoms with Gasteiger partial charge in [-0.15, -0.1) is 0 Å². The maximum atomic E-state index is 13.5. The monoisotopic (exact) mass is 367 g/mol. The molecule has 3 heterocycles. The van der Waals surface area contributed by atoms with Gasteiger partial charge in [0.2, 0.25) is 0 Å². The summed E-state index contributed by atoms with van der Waals surface area (Å²) in [6.07, 6.45) is 0.780. The third-order valence-electron chi connectivity index (χ3n) is 4.81. The molecular formula is C21H22FN3O2. The topological polar surface area (TPSA) is 60.2 Å². The predicted molar refractivity (Wildman–Crippen MR) is 101 cm³/mol. The first-order chi connectivity index (χ1) is 12.9. The van der Waals surface area contributed by atoms with Crippen molar-refractivity contribution in [1.82, 2.24) is 14.5 Å². The average molecular weight is 367 g/mol. The first kappa shape index (κ1) is 17.7. The predicted octanol–water partition coefficient (Wildman–Crippen LogP) is 4.03. The molecule has 27 heavy (non-hydrogen) atoms. The third kappa shape index (κ3) is 3.32. The van der Waals surface area contributed by atoms with E-state index in [0.29, 0.717) is 24.5 Å². The number of benzene rings is 1. The molecule has 1 aromatic carbocycles. The van der Waals surface area contributed by atoms with Crippen LogP contribution in [0.2, 0.25) is 0 Å². The Morgan fingerprint density at radius 1 is 1.11 bits per heavy atom. The fourth-order valence-corrected chi connectivity index (χ4v) is 3.68. The van der Waals surface area contributed by atoms with E-state index in [9.17, 15) is 9.50 Å². The van der Waals surface area contributed by atoms with E-state index in [1.807, 2.05) is 32.9 Å². The number of ether oxygens (including phenoxy) is 1. The summed E-state index contributed by atoms with van der Waals surface area (Å²) in [6, 6.07) is 8.39. The Morgan fingerprint density at radius 3 is 2.56 bits per heavy atom. The molecule has 0 amide bonds. The zero-order valence-electron chi connectivity index (χ0n) is 15.7. The van der Waals surface area contributed by atoms with Gasteiger partial charge in [-0.3, -0.25) is 4.98 Å². The van der Waals surface area contributed by atoms with Gasteiger partial charge in [0.1, 0.15) is 5.82 Å². The van der Waals surface area contributed by atoms with Crippen molar-refractivity contribution >= 4 is 0 Å². The van der Waals surface area contributed by atoms with Gasteiger partial charge >= 0.3 is 0 Å². The Labute approximate surface area is 157 Å². The van der Waals surface area contributed by atoms with Crippen LogP contribution in [0.3, 0.4) is 0 Å². The van der Waals surface area contributed by atoms with Gasteiger partial charge in [0.15, 0.2) is 11.6 Å². The van der Waals surface area contributed by atoms with Crippen molar-refractivity contribution in [2.24, 2.45) is 0 Å². The number of phenols is 1. The minimum atomic E-state index is -0.640. The summed E-state index contributed by atoms with van der Waals surface area (Å²) in [5.74, 6) is -0.307. The summed E-state index contributed by atoms with van der Waals surface area (Å²) in [4.78, 5) is 9.36. The quantitative estimate of drug-likeness (QED) is 0.743. The molecule has 0 saturated carbocycles. The number of fused-ring (bicyclic) bond motifs is 1. The molecule has 0 saturated heterocycles. The molecule has 0 bridgehead atoms. The van der Waals surface area contributed by atoms with E-state index in [0.717, 1.165) is 34.8 Å². The van der Waals surface area contributed by atoms with Crippen LogP contribution in [0.25, 0.3) is 22.6 Å². The minimum Gasteiger partial charge on any atom is -0.505 e. The van der Waals surface area contributed by atoms with Crippen LogP contribution in [-0.4, -0.2) is 32.4 Å². The van der Waals surface area contributed by atoms with E-state index in [4.69, 9.17) is 9.72 Å². The highest BCUT2D eigenvalue weighted by Gasteiger charge is 2.24. The number of hydrogen-bond donors (Lipinski definition) is 1. The fraction of sp³-hybridized carbons (Fsp3) is 0.333. The lowest BCUT2D eigenvalue weighted by Crippen LogP contribution is -2.14. The van der Waals surface area contributed by atoms with E-state index in [1.165, 1.54) is 12.1 Å². The number of aromatic nitrogens is 3. The van der Waals surface area contributed by atoms with Gasteiger partial charge in [-0.05, 0) is 51.1 Å². The second-order valence-corrected chi connectivity index (χ2v) is 7.08. The molecule has 1 N–H and O–H groups in total. The maximum Gasteiger partial charge on any atom is 0.164 e. The van der Waals surface area contributed by atoms with Crippen molar-refractivity contribution in [3.05, 3.63) is 53.2 Å². The average Bonchev–Trinajstić information content (AvgIpc) is 2.83. The number of imidazole rings is 1. The molecule has 0 aliphatic carbocycles. The molecule has 3 aromatic rings. The van der Waals surface area contributed by atoms with Gasteiger partial charge in [0.25, 0.3) is 0 Å². The van der Waals surface area contributed by atoms with Gasteiger partial charge < -0.3 is 14.4 Å². The van der Waals surface area contributed by atoms with Crippen molar-refractivity contribution in [3.63, 3.8) is 0 Å². The summed E-state index contributed by atoms with van der Waals surface area (Å²) < 4.78 is 21.5. The highest BCUT2D eigenvalue weighted by Crippen LogP contribution is 2.33. The molecule has 0 spiro atoms. The molecule has 0 radical (unpaired) electrons. The van der Waals surface area contributed by atoms with Crippen LogP contribution in [0.1, 0.15) is 24.0 Å². The van der Waals surface area contributed by atoms with Gasteiger partial charge in [0, 0.05) is 34.6 Å². The van der Waals surface area contributed by atoms with Crippen LogP contribution in [-0.2, 0) is 17.7 Å². The smallest absolute Gasteiger partial charge is 0.164 e. The van der Waals surface area contributed by atoms with Gasteiger partial charge in [-0.2, -0.15) is 0 Å².